The van der Waals surface area contributed by atoms with Crippen LogP contribution in [0.2, 0.25) is 0 Å². The van der Waals surface area contributed by atoms with E-state index in [1.54, 1.807) is 24.3 Å². The number of piperazine rings is 1. The van der Waals surface area contributed by atoms with Crippen molar-refractivity contribution < 1.29 is 41.0 Å². The van der Waals surface area contributed by atoms with Gasteiger partial charge < -0.3 is 19.5 Å². The Hall–Kier alpha value is -4.68. The van der Waals surface area contributed by atoms with Gasteiger partial charge in [0.05, 0.1) is 27.7 Å². The van der Waals surface area contributed by atoms with Gasteiger partial charge in [0.2, 0.25) is 0 Å². The Balaban J connectivity index is 0.000000769. The molecule has 0 radical (unpaired) electrons. The maximum atomic E-state index is 14.1. The molecule has 3 heterocycles. The Bertz CT molecular complexity index is 2210. The summed E-state index contributed by atoms with van der Waals surface area (Å²) in [4.78, 5) is 83.8. The van der Waals surface area contributed by atoms with Gasteiger partial charge in [-0.1, -0.05) is 51.0 Å². The molecule has 3 aliphatic carbocycles. The van der Waals surface area contributed by atoms with E-state index in [0.29, 0.717) is 28.9 Å². The second-order valence-electron chi connectivity index (χ2n) is 16.1. The van der Waals surface area contributed by atoms with Crippen molar-refractivity contribution in [2.24, 2.45) is 0 Å². The molecule has 2 saturated carbocycles. The molecule has 1 aromatic heterocycles. The molecule has 2 amide bonds. The minimum Gasteiger partial charge on any atom is -0.492 e. The summed E-state index contributed by atoms with van der Waals surface area (Å²) >= 11 is 0. The van der Waals surface area contributed by atoms with Crippen LogP contribution < -0.4 is 20.1 Å². The minimum atomic E-state index is -1.39. The average Bonchev–Trinajstić information content (AvgIpc) is 4.02. The zero-order valence-electron chi connectivity index (χ0n) is 32.9. The molecule has 0 bridgehead atoms. The van der Waals surface area contributed by atoms with Crippen LogP contribution in [-0.4, -0.2) is 104 Å². The number of anilines is 2. The van der Waals surface area contributed by atoms with E-state index in [-0.39, 0.29) is 51.1 Å². The number of nitrogens with zero attached hydrogens (tertiary/aromatic N) is 5. The maximum absolute atomic E-state index is 14.1. The van der Waals surface area contributed by atoms with Crippen LogP contribution in [0.15, 0.2) is 53.3 Å². The summed E-state index contributed by atoms with van der Waals surface area (Å²) in [6, 6.07) is 13.6. The van der Waals surface area contributed by atoms with E-state index >= 15 is 0 Å². The van der Waals surface area contributed by atoms with Crippen molar-refractivity contribution in [3.63, 3.8) is 0 Å². The van der Waals surface area contributed by atoms with Gasteiger partial charge in [0.1, 0.15) is 24.1 Å². The number of ketones is 2. The first-order chi connectivity index (χ1) is 27.1. The molecular formula is C44H50FeN6O6. The van der Waals surface area contributed by atoms with Gasteiger partial charge in [-0.15, -0.1) is 0 Å². The summed E-state index contributed by atoms with van der Waals surface area (Å²) in [7, 11) is 5.83. The van der Waals surface area contributed by atoms with Crippen molar-refractivity contribution in [3.05, 3.63) is 92.5 Å². The van der Waals surface area contributed by atoms with E-state index in [1.807, 2.05) is 31.1 Å². The van der Waals surface area contributed by atoms with E-state index in [1.165, 1.54) is 49.1 Å². The summed E-state index contributed by atoms with van der Waals surface area (Å²) < 4.78 is 6.17. The summed E-state index contributed by atoms with van der Waals surface area (Å²) in [5.41, 5.74) is 2.28. The number of likely N-dealkylation sites (N-methyl/N-ethyl adjacent to an activating group) is 1. The van der Waals surface area contributed by atoms with Crippen LogP contribution in [0.1, 0.15) is 122 Å². The number of hydrogen-bond donors (Lipinski definition) is 1. The number of carbonyl (C=O) groups is 4. The predicted molar refractivity (Wildman–Crippen MR) is 216 cm³/mol. The van der Waals surface area contributed by atoms with E-state index in [0.717, 1.165) is 69.7 Å². The number of aromatic amines is 1. The third-order valence-corrected chi connectivity index (χ3v) is 12.1. The van der Waals surface area contributed by atoms with Gasteiger partial charge in [-0.25, -0.2) is 9.88 Å². The summed E-state index contributed by atoms with van der Waals surface area (Å²) in [6.07, 6.45) is 11.6. The Labute approximate surface area is 343 Å². The monoisotopic (exact) mass is 814 g/mol. The maximum Gasteiger partial charge on any atom is 0.266 e. The van der Waals surface area contributed by atoms with Crippen molar-refractivity contribution in [1.82, 2.24) is 19.8 Å². The Morgan fingerprint density at radius 2 is 1.37 bits per heavy atom. The van der Waals surface area contributed by atoms with Crippen LogP contribution in [0.3, 0.4) is 0 Å². The van der Waals surface area contributed by atoms with E-state index < -0.39 is 34.9 Å². The number of imide groups is 1. The van der Waals surface area contributed by atoms with Crippen molar-refractivity contribution >= 4 is 45.7 Å². The number of benzene rings is 3. The van der Waals surface area contributed by atoms with Crippen LogP contribution >= 0.6 is 0 Å². The Kier molecular flexibility index (Phi) is 12.1. The largest absolute Gasteiger partial charge is 0.492 e. The topological polar surface area (TPSA) is 136 Å². The molecule has 1 saturated heterocycles. The first-order valence-electron chi connectivity index (χ1n) is 20.1. The first kappa shape index (κ1) is 40.5. The molecule has 0 unspecified atom stereocenters. The third kappa shape index (κ3) is 7.95. The molecule has 3 fully saturated rings. The second-order valence-corrected chi connectivity index (χ2v) is 16.1. The van der Waals surface area contributed by atoms with Crippen LogP contribution in [0.5, 0.6) is 5.75 Å². The molecule has 5 aliphatic rings. The van der Waals surface area contributed by atoms with Crippen LogP contribution in [0, 0.1) is 0 Å². The molecule has 12 nitrogen and oxygen atoms in total. The average molecular weight is 815 g/mol. The summed E-state index contributed by atoms with van der Waals surface area (Å²) in [5.74, 6) is -2.94. The third-order valence-electron chi connectivity index (χ3n) is 12.1. The van der Waals surface area contributed by atoms with Gasteiger partial charge in [0.15, 0.2) is 11.6 Å². The molecular weight excluding hydrogens is 764 g/mol. The fraction of sp³-hybridized carbons (Fsp3) is 0.455. The number of fused-ring (bicyclic) bond motifs is 3. The van der Waals surface area contributed by atoms with Crippen molar-refractivity contribution in [2.75, 3.05) is 70.3 Å². The molecule has 9 rings (SSSR count). The number of nitrogens with one attached hydrogen (secondary N) is 1. The van der Waals surface area contributed by atoms with Gasteiger partial charge in [0.25, 0.3) is 17.4 Å². The van der Waals surface area contributed by atoms with Gasteiger partial charge in [-0.2, -0.15) is 0 Å². The summed E-state index contributed by atoms with van der Waals surface area (Å²) in [5, 5.41) is 0.331. The second kappa shape index (κ2) is 17.0. The molecule has 3 aromatic carbocycles. The normalized spacial score (nSPS) is 18.8. The number of rotatable bonds is 8. The zero-order valence-corrected chi connectivity index (χ0v) is 34.0. The zero-order chi connectivity index (χ0) is 39.1. The molecule has 4 aromatic rings. The van der Waals surface area contributed by atoms with Gasteiger partial charge in [-0.3, -0.25) is 28.9 Å². The van der Waals surface area contributed by atoms with Crippen LogP contribution in [0.4, 0.5) is 11.4 Å². The predicted octanol–water partition coefficient (Wildman–Crippen LogP) is 6.18. The fourth-order valence-corrected chi connectivity index (χ4v) is 8.79. The molecule has 1 N–H and O–H groups in total. The van der Waals surface area contributed by atoms with Crippen molar-refractivity contribution in [1.29, 1.82) is 0 Å². The number of ether oxygens (including phenoxy) is 1. The van der Waals surface area contributed by atoms with Gasteiger partial charge in [0, 0.05) is 86.8 Å². The number of Topliss-reactive ketones (excluding diaryl/α,β-unsaturated/α-hetero) is 2. The Morgan fingerprint density at radius 3 is 1.96 bits per heavy atom. The Morgan fingerprint density at radius 1 is 0.754 bits per heavy atom. The van der Waals surface area contributed by atoms with Crippen LogP contribution in [0.25, 0.3) is 10.9 Å². The number of amides is 2. The quantitative estimate of drug-likeness (QED) is 0.125. The summed E-state index contributed by atoms with van der Waals surface area (Å²) in [6.45, 7) is 5.23. The number of carbonyl (C=O) groups excluding carboxylic acids is 4. The minimum absolute atomic E-state index is 0. The molecule has 13 heteroatoms. The van der Waals surface area contributed by atoms with Gasteiger partial charge in [-0.05, 0) is 67.8 Å². The number of aromatic nitrogens is 2. The molecule has 2 aliphatic heterocycles. The van der Waals surface area contributed by atoms with Crippen LogP contribution in [-0.2, 0) is 17.1 Å². The van der Waals surface area contributed by atoms with Gasteiger partial charge >= 0.3 is 0 Å². The van der Waals surface area contributed by atoms with E-state index in [2.05, 4.69) is 26.8 Å². The fourth-order valence-electron chi connectivity index (χ4n) is 8.79. The van der Waals surface area contributed by atoms with E-state index in [4.69, 9.17) is 4.74 Å². The molecule has 0 atom stereocenters. The number of H-pyrrole nitrogens is 1. The smallest absolute Gasteiger partial charge is 0.266 e. The SMILES string of the molecule is C1CCCC1.CN1CCN(CCOc2ccc(C3CCCC3)c(N3C(=O)c4cc5c(cc4C3=O)C(=O)C(c3nc4ccc(N(C)C)cc4c(=O)[nH]3)C5=O)c2)CC1.[Fe]. The number of hydrogen-bond acceptors (Lipinski definition) is 10. The van der Waals surface area contributed by atoms with Crippen molar-refractivity contribution in [2.45, 2.75) is 69.6 Å². The van der Waals surface area contributed by atoms with E-state index in [9.17, 15) is 24.0 Å². The van der Waals surface area contributed by atoms with Crippen molar-refractivity contribution in [3.8, 4) is 5.75 Å². The first-order valence-corrected chi connectivity index (χ1v) is 20.1. The molecule has 0 spiro atoms. The standard InChI is InChI=1S/C39H40N6O6.C5H10.Fe/c1-42(2)23-8-11-31-30(18-23)37(48)41-36(40-31)33-34(46)26-20-28-29(21-27(26)35(33)47)39(50)45(38(28)49)32-19-24(9-10-25(32)22-6-4-5-7-22)51-17-16-44-14-12-43(3)13-15-44;1-2-4-5-3-1;/h8-11,18-22,33H,4-7,12-17H2,1-3H3,(H,40,41,48);1-5H2;. The molecule has 57 heavy (non-hydrogen) atoms. The molecule has 300 valence electrons.